The molecular weight excluding hydrogens is 308 g/mol. The van der Waals surface area contributed by atoms with E-state index < -0.39 is 28.4 Å². The molecule has 1 aromatic carbocycles. The van der Waals surface area contributed by atoms with Gasteiger partial charge in [-0.1, -0.05) is 13.8 Å². The first-order chi connectivity index (χ1) is 10.2. The van der Waals surface area contributed by atoms with E-state index in [0.717, 1.165) is 4.90 Å². The van der Waals surface area contributed by atoms with Crippen LogP contribution in [0.3, 0.4) is 0 Å². The third-order valence-electron chi connectivity index (χ3n) is 3.16. The number of carboxylic acid groups (broad SMARTS) is 1. The lowest BCUT2D eigenvalue weighted by Crippen LogP contribution is -2.32. The second-order valence-electron chi connectivity index (χ2n) is 4.67. The van der Waals surface area contributed by atoms with E-state index in [2.05, 4.69) is 0 Å². The van der Waals surface area contributed by atoms with Gasteiger partial charge in [0.25, 0.3) is 5.91 Å². The molecule has 0 unspecified atom stereocenters. The Kier molecular flexibility index (Phi) is 6.07. The van der Waals surface area contributed by atoms with Crippen molar-refractivity contribution in [3.05, 3.63) is 29.8 Å². The minimum atomic E-state index is -3.57. The molecule has 0 bridgehead atoms. The number of carbonyl (C=O) groups is 2. The standard InChI is InChI=1S/C14H20N2O5S/c1-4-16(5-2)22(20,21)12-8-6-11(7-9-12)14(19)15(3)10-13(17)18/h6-9H,4-5,10H2,1-3H3,(H,17,18). The summed E-state index contributed by atoms with van der Waals surface area (Å²) in [6.45, 7) is 3.81. The van der Waals surface area contributed by atoms with E-state index in [9.17, 15) is 18.0 Å². The molecule has 1 rings (SSSR count). The summed E-state index contributed by atoms with van der Waals surface area (Å²) in [5, 5.41) is 8.67. The van der Waals surface area contributed by atoms with Crippen molar-refractivity contribution in [2.24, 2.45) is 0 Å². The molecule has 0 aliphatic carbocycles. The molecule has 1 aromatic rings. The van der Waals surface area contributed by atoms with Gasteiger partial charge in [0, 0.05) is 25.7 Å². The lowest BCUT2D eigenvalue weighted by molar-refractivity contribution is -0.137. The molecule has 0 fully saturated rings. The fraction of sp³-hybridized carbons (Fsp3) is 0.429. The maximum Gasteiger partial charge on any atom is 0.323 e. The highest BCUT2D eigenvalue weighted by atomic mass is 32.2. The largest absolute Gasteiger partial charge is 0.480 e. The minimum Gasteiger partial charge on any atom is -0.480 e. The van der Waals surface area contributed by atoms with Gasteiger partial charge in [-0.3, -0.25) is 9.59 Å². The van der Waals surface area contributed by atoms with Gasteiger partial charge in [0.1, 0.15) is 6.54 Å². The Bertz CT molecular complexity index is 636. The molecule has 0 aliphatic rings. The highest BCUT2D eigenvalue weighted by Gasteiger charge is 2.22. The van der Waals surface area contributed by atoms with Crippen molar-refractivity contribution in [1.29, 1.82) is 0 Å². The molecule has 8 heteroatoms. The zero-order valence-electron chi connectivity index (χ0n) is 12.8. The summed E-state index contributed by atoms with van der Waals surface area (Å²) in [5.74, 6) is -1.59. The number of rotatable bonds is 7. The molecular formula is C14H20N2O5S. The van der Waals surface area contributed by atoms with Gasteiger partial charge < -0.3 is 10.0 Å². The van der Waals surface area contributed by atoms with Gasteiger partial charge in [-0.25, -0.2) is 8.42 Å². The molecule has 1 amide bonds. The predicted octanol–water partition coefficient (Wildman–Crippen LogP) is 0.874. The van der Waals surface area contributed by atoms with Crippen molar-refractivity contribution in [2.45, 2.75) is 18.7 Å². The van der Waals surface area contributed by atoms with Gasteiger partial charge in [0.05, 0.1) is 4.90 Å². The maximum absolute atomic E-state index is 12.3. The average molecular weight is 328 g/mol. The number of carbonyl (C=O) groups excluding carboxylic acids is 1. The van der Waals surface area contributed by atoms with Crippen LogP contribution >= 0.6 is 0 Å². The Morgan fingerprint density at radius 1 is 1.09 bits per heavy atom. The summed E-state index contributed by atoms with van der Waals surface area (Å²) < 4.78 is 25.9. The molecule has 7 nitrogen and oxygen atoms in total. The molecule has 122 valence electrons. The van der Waals surface area contributed by atoms with Gasteiger partial charge in [-0.15, -0.1) is 0 Å². The Morgan fingerprint density at radius 2 is 1.59 bits per heavy atom. The average Bonchev–Trinajstić information content (AvgIpc) is 2.46. The Morgan fingerprint density at radius 3 is 2.00 bits per heavy atom. The SMILES string of the molecule is CCN(CC)S(=O)(=O)c1ccc(C(=O)N(C)CC(=O)O)cc1. The second-order valence-corrected chi connectivity index (χ2v) is 6.61. The Balaban J connectivity index is 3.00. The van der Waals surface area contributed by atoms with Crippen LogP contribution in [-0.2, 0) is 14.8 Å². The molecule has 0 saturated carbocycles. The van der Waals surface area contributed by atoms with Crippen LogP contribution < -0.4 is 0 Å². The quantitative estimate of drug-likeness (QED) is 0.801. The number of carboxylic acids is 1. The molecule has 0 radical (unpaired) electrons. The highest BCUT2D eigenvalue weighted by molar-refractivity contribution is 7.89. The topological polar surface area (TPSA) is 95.0 Å². The first kappa shape index (κ1) is 18.1. The van der Waals surface area contributed by atoms with E-state index >= 15 is 0 Å². The van der Waals surface area contributed by atoms with E-state index in [1.165, 1.54) is 35.6 Å². The number of nitrogens with zero attached hydrogens (tertiary/aromatic N) is 2. The monoisotopic (exact) mass is 328 g/mol. The van der Waals surface area contributed by atoms with Crippen LogP contribution in [0, 0.1) is 0 Å². The van der Waals surface area contributed by atoms with E-state index in [1.54, 1.807) is 13.8 Å². The van der Waals surface area contributed by atoms with Crippen LogP contribution in [0.15, 0.2) is 29.2 Å². The predicted molar refractivity (Wildman–Crippen MR) is 81.1 cm³/mol. The van der Waals surface area contributed by atoms with Crippen molar-refractivity contribution in [3.8, 4) is 0 Å². The maximum atomic E-state index is 12.3. The van der Waals surface area contributed by atoms with Gasteiger partial charge in [-0.2, -0.15) is 4.31 Å². The van der Waals surface area contributed by atoms with Gasteiger partial charge >= 0.3 is 5.97 Å². The second kappa shape index (κ2) is 7.37. The summed E-state index contributed by atoms with van der Waals surface area (Å²) in [6.07, 6.45) is 0. The number of amides is 1. The van der Waals surface area contributed by atoms with Crippen molar-refractivity contribution in [1.82, 2.24) is 9.21 Å². The third-order valence-corrected chi connectivity index (χ3v) is 5.23. The van der Waals surface area contributed by atoms with Crippen LogP contribution in [0.2, 0.25) is 0 Å². The zero-order chi connectivity index (χ0) is 16.9. The lowest BCUT2D eigenvalue weighted by atomic mass is 10.2. The summed E-state index contributed by atoms with van der Waals surface area (Å²) in [6, 6.07) is 5.49. The van der Waals surface area contributed by atoms with Crippen molar-refractivity contribution in [2.75, 3.05) is 26.7 Å². The minimum absolute atomic E-state index is 0.105. The third kappa shape index (κ3) is 4.05. The number of sulfonamides is 1. The Hall–Kier alpha value is -1.93. The number of hydrogen-bond acceptors (Lipinski definition) is 4. The van der Waals surface area contributed by atoms with Crippen molar-refractivity contribution >= 4 is 21.9 Å². The number of aliphatic carboxylic acids is 1. The summed E-state index contributed by atoms with van der Waals surface area (Å²) >= 11 is 0. The van der Waals surface area contributed by atoms with Crippen LogP contribution in [-0.4, -0.2) is 61.3 Å². The van der Waals surface area contributed by atoms with Crippen molar-refractivity contribution in [3.63, 3.8) is 0 Å². The molecule has 0 spiro atoms. The summed E-state index contributed by atoms with van der Waals surface area (Å²) in [7, 11) is -2.20. The van der Waals surface area contributed by atoms with E-state index in [4.69, 9.17) is 5.11 Å². The molecule has 1 N–H and O–H groups in total. The fourth-order valence-electron chi connectivity index (χ4n) is 1.98. The number of hydrogen-bond donors (Lipinski definition) is 1. The molecule has 0 saturated heterocycles. The number of likely N-dealkylation sites (N-methyl/N-ethyl adjacent to an activating group) is 1. The molecule has 0 heterocycles. The van der Waals surface area contributed by atoms with E-state index in [-0.39, 0.29) is 10.5 Å². The summed E-state index contributed by atoms with van der Waals surface area (Å²) in [4.78, 5) is 23.7. The fourth-order valence-corrected chi connectivity index (χ4v) is 3.44. The van der Waals surface area contributed by atoms with Crippen LogP contribution in [0.25, 0.3) is 0 Å². The van der Waals surface area contributed by atoms with Gasteiger partial charge in [0.15, 0.2) is 0 Å². The Labute approximate surface area is 130 Å². The normalized spacial score (nSPS) is 11.5. The molecule has 0 aliphatic heterocycles. The van der Waals surface area contributed by atoms with Crippen LogP contribution in [0.5, 0.6) is 0 Å². The molecule has 0 aromatic heterocycles. The molecule has 22 heavy (non-hydrogen) atoms. The molecule has 0 atom stereocenters. The van der Waals surface area contributed by atoms with Crippen molar-refractivity contribution < 1.29 is 23.1 Å². The smallest absolute Gasteiger partial charge is 0.323 e. The lowest BCUT2D eigenvalue weighted by Gasteiger charge is -2.19. The highest BCUT2D eigenvalue weighted by Crippen LogP contribution is 2.16. The van der Waals surface area contributed by atoms with Crippen LogP contribution in [0.1, 0.15) is 24.2 Å². The van der Waals surface area contributed by atoms with E-state index in [1.807, 2.05) is 0 Å². The first-order valence-corrected chi connectivity index (χ1v) is 8.25. The first-order valence-electron chi connectivity index (χ1n) is 6.81. The number of benzene rings is 1. The van der Waals surface area contributed by atoms with Gasteiger partial charge in [-0.05, 0) is 24.3 Å². The van der Waals surface area contributed by atoms with Gasteiger partial charge in [0.2, 0.25) is 10.0 Å². The van der Waals surface area contributed by atoms with E-state index in [0.29, 0.717) is 13.1 Å². The van der Waals surface area contributed by atoms with Crippen LogP contribution in [0.4, 0.5) is 0 Å². The summed E-state index contributed by atoms with van der Waals surface area (Å²) in [5.41, 5.74) is 0.238. The zero-order valence-corrected chi connectivity index (χ0v) is 13.6.